The fourth-order valence-electron chi connectivity index (χ4n) is 3.06. The minimum Gasteiger partial charge on any atom is -0.456 e. The summed E-state index contributed by atoms with van der Waals surface area (Å²) in [5.74, 6) is 1.94. The van der Waals surface area contributed by atoms with Crippen molar-refractivity contribution in [1.82, 2.24) is 0 Å². The van der Waals surface area contributed by atoms with E-state index in [-0.39, 0.29) is 0 Å². The average molecular weight is 369 g/mol. The lowest BCUT2D eigenvalue weighted by molar-refractivity contribution is 0.487. The maximum atomic E-state index is 6.24. The molecule has 0 fully saturated rings. The topological polar surface area (TPSA) is 9.23 Å². The van der Waals surface area contributed by atoms with Gasteiger partial charge in [-0.1, -0.05) is 71.1 Å². The van der Waals surface area contributed by atoms with Crippen LogP contribution >= 0.6 is 15.9 Å². The molecule has 0 aliphatic carbocycles. The highest BCUT2D eigenvalue weighted by atomic mass is 79.9. The van der Waals surface area contributed by atoms with Crippen LogP contribution in [-0.4, -0.2) is 8.07 Å². The van der Waals surface area contributed by atoms with Crippen molar-refractivity contribution in [3.05, 3.63) is 53.0 Å². The Morgan fingerprint density at radius 1 is 0.864 bits per heavy atom. The third-order valence-electron chi connectivity index (χ3n) is 4.31. The fourth-order valence-corrected chi connectivity index (χ4v) is 4.67. The first-order valence-corrected chi connectivity index (χ1v) is 11.8. The monoisotopic (exact) mass is 368 g/mol. The smallest absolute Gasteiger partial charge is 0.135 e. The number of ether oxygens (including phenoxy) is 1. The van der Waals surface area contributed by atoms with Crippen molar-refractivity contribution in [1.29, 1.82) is 0 Å². The molecule has 3 aromatic carbocycles. The van der Waals surface area contributed by atoms with E-state index in [1.54, 1.807) is 0 Å². The van der Waals surface area contributed by atoms with Crippen LogP contribution in [0, 0.1) is 0 Å². The molecule has 4 rings (SSSR count). The molecule has 1 nitrogen and oxygen atoms in total. The molecule has 0 spiro atoms. The predicted octanol–water partition coefficient (Wildman–Crippen LogP) is 5.92. The second-order valence-corrected chi connectivity index (χ2v) is 12.8. The van der Waals surface area contributed by atoms with Gasteiger partial charge in [-0.3, -0.25) is 0 Å². The van der Waals surface area contributed by atoms with E-state index >= 15 is 0 Å². The number of hydrogen-bond acceptors (Lipinski definition) is 1. The summed E-state index contributed by atoms with van der Waals surface area (Å²) < 4.78 is 7.35. The molecule has 1 heterocycles. The van der Waals surface area contributed by atoms with Crippen LogP contribution in [0.4, 0.5) is 0 Å². The molecule has 1 aliphatic rings. The van der Waals surface area contributed by atoms with Gasteiger partial charge in [-0.2, -0.15) is 0 Å². The lowest BCUT2D eigenvalue weighted by atomic mass is 9.95. The Kier molecular flexibility index (Phi) is 3.00. The second kappa shape index (κ2) is 4.70. The van der Waals surface area contributed by atoms with Gasteiger partial charge in [-0.25, -0.2) is 0 Å². The van der Waals surface area contributed by atoms with E-state index in [4.69, 9.17) is 4.74 Å². The molecule has 3 heteroatoms. The summed E-state index contributed by atoms with van der Waals surface area (Å²) >= 11 is 3.65. The first-order valence-electron chi connectivity index (χ1n) is 7.49. The highest BCUT2D eigenvalue weighted by Crippen LogP contribution is 2.47. The zero-order chi connectivity index (χ0) is 15.5. The van der Waals surface area contributed by atoms with E-state index in [1.807, 2.05) is 0 Å². The first kappa shape index (κ1) is 14.0. The van der Waals surface area contributed by atoms with Crippen molar-refractivity contribution < 1.29 is 4.74 Å². The third-order valence-corrected chi connectivity index (χ3v) is 7.04. The van der Waals surface area contributed by atoms with Gasteiger partial charge in [0.05, 0.1) is 8.07 Å². The molecule has 0 bridgehead atoms. The van der Waals surface area contributed by atoms with E-state index in [2.05, 4.69) is 84.1 Å². The van der Waals surface area contributed by atoms with Crippen LogP contribution < -0.4 is 9.92 Å². The van der Waals surface area contributed by atoms with Gasteiger partial charge < -0.3 is 4.74 Å². The molecule has 0 atom stereocenters. The zero-order valence-electron chi connectivity index (χ0n) is 12.9. The number of fused-ring (bicyclic) bond motifs is 2. The fraction of sp³-hybridized carbons (Fsp3) is 0.158. The minimum absolute atomic E-state index is 0.953. The molecule has 0 amide bonds. The maximum Gasteiger partial charge on any atom is 0.135 e. The van der Waals surface area contributed by atoms with Gasteiger partial charge in [-0.05, 0) is 23.8 Å². The minimum atomic E-state index is -1.34. The summed E-state index contributed by atoms with van der Waals surface area (Å²) in [6.07, 6.45) is 0. The van der Waals surface area contributed by atoms with Crippen LogP contribution in [0.15, 0.2) is 53.0 Å². The number of rotatable bonds is 1. The molecular formula is C19H17BrOSi. The van der Waals surface area contributed by atoms with Crippen molar-refractivity contribution in [3.8, 4) is 22.6 Å². The number of benzene rings is 3. The molecule has 3 aromatic rings. The van der Waals surface area contributed by atoms with Crippen molar-refractivity contribution >= 4 is 40.0 Å². The average Bonchev–Trinajstić information content (AvgIpc) is 2.49. The summed E-state index contributed by atoms with van der Waals surface area (Å²) in [7, 11) is -1.34. The van der Waals surface area contributed by atoms with Crippen molar-refractivity contribution in [3.63, 3.8) is 0 Å². The van der Waals surface area contributed by atoms with E-state index < -0.39 is 8.07 Å². The lowest BCUT2D eigenvalue weighted by Crippen LogP contribution is -2.37. The Labute approximate surface area is 140 Å². The van der Waals surface area contributed by atoms with E-state index in [0.29, 0.717) is 0 Å². The van der Waals surface area contributed by atoms with E-state index in [0.717, 1.165) is 16.0 Å². The number of halogens is 1. The van der Waals surface area contributed by atoms with Gasteiger partial charge in [0.1, 0.15) is 11.5 Å². The maximum absolute atomic E-state index is 6.24. The molecule has 0 saturated carbocycles. The Hall–Kier alpha value is -1.58. The SMILES string of the molecule is C[Si](C)(C)c1ccc2c(c1)Oc1ccc(Br)c3cccc-2c13. The molecule has 0 saturated heterocycles. The van der Waals surface area contributed by atoms with Crippen LogP contribution in [0.25, 0.3) is 21.9 Å². The Morgan fingerprint density at radius 2 is 1.68 bits per heavy atom. The van der Waals surface area contributed by atoms with Crippen LogP contribution in [0.5, 0.6) is 11.5 Å². The summed E-state index contributed by atoms with van der Waals surface area (Å²) in [5, 5.41) is 3.83. The van der Waals surface area contributed by atoms with Crippen LogP contribution in [-0.2, 0) is 0 Å². The molecule has 1 aliphatic heterocycles. The highest BCUT2D eigenvalue weighted by Gasteiger charge is 2.24. The molecular weight excluding hydrogens is 352 g/mol. The standard InChI is InChI=1S/C19H17BrOSi/c1-22(2,3)12-7-8-13-14-5-4-6-15-16(20)9-10-17(19(14)15)21-18(13)11-12/h4-11H,1-3H3. The number of hydrogen-bond donors (Lipinski definition) is 0. The molecule has 0 unspecified atom stereocenters. The third kappa shape index (κ3) is 2.03. The second-order valence-electron chi connectivity index (χ2n) is 6.84. The molecule has 0 radical (unpaired) electrons. The zero-order valence-corrected chi connectivity index (χ0v) is 15.5. The summed E-state index contributed by atoms with van der Waals surface area (Å²) in [6, 6.07) is 17.3. The Bertz CT molecular complexity index is 909. The Balaban J connectivity index is 2.03. The van der Waals surface area contributed by atoms with Gasteiger partial charge in [0, 0.05) is 20.8 Å². The molecule has 22 heavy (non-hydrogen) atoms. The normalized spacial score (nSPS) is 12.9. The van der Waals surface area contributed by atoms with Gasteiger partial charge >= 0.3 is 0 Å². The molecule has 0 aromatic heterocycles. The van der Waals surface area contributed by atoms with Gasteiger partial charge in [0.15, 0.2) is 0 Å². The van der Waals surface area contributed by atoms with Crippen LogP contribution in [0.3, 0.4) is 0 Å². The summed E-state index contributed by atoms with van der Waals surface area (Å²) in [4.78, 5) is 0. The van der Waals surface area contributed by atoms with Crippen LogP contribution in [0.1, 0.15) is 0 Å². The van der Waals surface area contributed by atoms with Crippen LogP contribution in [0.2, 0.25) is 19.6 Å². The first-order chi connectivity index (χ1) is 10.4. The van der Waals surface area contributed by atoms with Gasteiger partial charge in [0.25, 0.3) is 0 Å². The highest BCUT2D eigenvalue weighted by molar-refractivity contribution is 9.10. The van der Waals surface area contributed by atoms with Crippen molar-refractivity contribution in [2.24, 2.45) is 0 Å². The molecule has 110 valence electrons. The summed E-state index contributed by atoms with van der Waals surface area (Å²) in [6.45, 7) is 7.09. The van der Waals surface area contributed by atoms with Gasteiger partial charge in [0.2, 0.25) is 0 Å². The summed E-state index contributed by atoms with van der Waals surface area (Å²) in [5.41, 5.74) is 2.45. The quantitative estimate of drug-likeness (QED) is 0.379. The molecule has 0 N–H and O–H groups in total. The van der Waals surface area contributed by atoms with E-state index in [1.165, 1.54) is 27.1 Å². The lowest BCUT2D eigenvalue weighted by Gasteiger charge is -2.24. The van der Waals surface area contributed by atoms with E-state index in [9.17, 15) is 0 Å². The predicted molar refractivity (Wildman–Crippen MR) is 100 cm³/mol. The largest absolute Gasteiger partial charge is 0.456 e. The Morgan fingerprint density at radius 3 is 2.45 bits per heavy atom. The van der Waals surface area contributed by atoms with Gasteiger partial charge in [-0.15, -0.1) is 0 Å². The van der Waals surface area contributed by atoms with Crippen molar-refractivity contribution in [2.75, 3.05) is 0 Å². The van der Waals surface area contributed by atoms with Crippen molar-refractivity contribution in [2.45, 2.75) is 19.6 Å².